The Kier molecular flexibility index (Phi) is 37.1. The second-order valence-electron chi connectivity index (χ2n) is 9.09. The molecule has 182 valence electrons. The van der Waals surface area contributed by atoms with Crippen molar-refractivity contribution >= 4 is 0 Å². The van der Waals surface area contributed by atoms with Crippen LogP contribution in [0.4, 0.5) is 0 Å². The summed E-state index contributed by atoms with van der Waals surface area (Å²) >= 11 is 0. The van der Waals surface area contributed by atoms with Gasteiger partial charge in [-0.15, -0.1) is 0 Å². The number of nitrogens with zero attached hydrogens (tertiary/aromatic N) is 1. The van der Waals surface area contributed by atoms with Crippen molar-refractivity contribution in [2.24, 2.45) is 0 Å². The summed E-state index contributed by atoms with van der Waals surface area (Å²) in [6.45, 7) is 11.2. The Balaban J connectivity index is -0.00000104. The van der Waals surface area contributed by atoms with E-state index in [2.05, 4.69) is 27.8 Å². The van der Waals surface area contributed by atoms with Crippen LogP contribution in [0.3, 0.4) is 0 Å². The number of hydrogen-bond acceptors (Lipinski definition) is 0. The molecule has 0 aromatic rings. The summed E-state index contributed by atoms with van der Waals surface area (Å²) in [7, 11) is 2.56. The first-order valence-corrected chi connectivity index (χ1v) is 12.5. The Labute approximate surface area is 207 Å². The van der Waals surface area contributed by atoms with Gasteiger partial charge in [-0.3, -0.25) is 0 Å². The average molecular weight is 547 g/mol. The van der Waals surface area contributed by atoms with Gasteiger partial charge in [0.1, 0.15) is 0 Å². The molecule has 0 amide bonds. The highest BCUT2D eigenvalue weighted by molar-refractivity contribution is 4.51. The standard InChI is InChI=1S/C25H54N.2BrH.H3N/c1-5-8-11-14-17-20-23-26(4,24-21-18-15-12-9-6-2)25-22-19-16-13-10-7-3;;;/h5-25H2,1-4H3;2*1H;1H3/q+1;;;/p-1. The van der Waals surface area contributed by atoms with Gasteiger partial charge in [0.25, 0.3) is 0 Å². The van der Waals surface area contributed by atoms with Crippen LogP contribution < -0.4 is 40.1 Å². The monoisotopic (exact) mass is 544 g/mol. The molecule has 0 saturated heterocycles. The molecule has 0 aliphatic carbocycles. The van der Waals surface area contributed by atoms with Crippen LogP contribution in [0.1, 0.15) is 136 Å². The molecule has 0 atom stereocenters. The molecule has 0 spiro atoms. The third-order valence-electron chi connectivity index (χ3n) is 6.15. The molecule has 0 radical (unpaired) electrons. The lowest BCUT2D eigenvalue weighted by atomic mass is 10.1. The van der Waals surface area contributed by atoms with Crippen LogP contribution in [-0.4, -0.2) is 31.2 Å². The van der Waals surface area contributed by atoms with Gasteiger partial charge >= 0.3 is 0 Å². The quantitative estimate of drug-likeness (QED) is 0.170. The lowest BCUT2D eigenvalue weighted by Crippen LogP contribution is -3.00. The van der Waals surface area contributed by atoms with E-state index in [1.807, 2.05) is 0 Å². The minimum Gasteiger partial charge on any atom is -1.00 e. The van der Waals surface area contributed by atoms with Crippen molar-refractivity contribution in [1.29, 1.82) is 0 Å². The van der Waals surface area contributed by atoms with Gasteiger partial charge in [0.15, 0.2) is 0 Å². The van der Waals surface area contributed by atoms with E-state index in [1.165, 1.54) is 140 Å². The minimum atomic E-state index is 0. The molecule has 0 aromatic heterocycles. The Morgan fingerprint density at radius 1 is 0.379 bits per heavy atom. The molecule has 4 N–H and O–H groups in total. The van der Waals surface area contributed by atoms with Crippen molar-refractivity contribution in [2.45, 2.75) is 136 Å². The Morgan fingerprint density at radius 3 is 0.828 bits per heavy atom. The van der Waals surface area contributed by atoms with E-state index in [9.17, 15) is 0 Å². The minimum absolute atomic E-state index is 0. The zero-order valence-corrected chi connectivity index (χ0v) is 24.2. The van der Waals surface area contributed by atoms with Crippen molar-refractivity contribution in [3.8, 4) is 0 Å². The average Bonchev–Trinajstić information content (AvgIpc) is 2.64. The molecule has 0 aliphatic rings. The van der Waals surface area contributed by atoms with Gasteiger partial charge in [0, 0.05) is 0 Å². The van der Waals surface area contributed by atoms with Crippen LogP contribution >= 0.6 is 0 Å². The molecule has 0 bridgehead atoms. The van der Waals surface area contributed by atoms with E-state index in [0.29, 0.717) is 0 Å². The van der Waals surface area contributed by atoms with Gasteiger partial charge in [0.2, 0.25) is 0 Å². The highest BCUT2D eigenvalue weighted by Crippen LogP contribution is 2.16. The lowest BCUT2D eigenvalue weighted by molar-refractivity contribution is -0.910. The van der Waals surface area contributed by atoms with Crippen LogP contribution in [0.15, 0.2) is 0 Å². The number of halogens is 2. The zero-order valence-electron chi connectivity index (χ0n) is 21.1. The molecule has 0 rings (SSSR count). The first kappa shape index (κ1) is 37.2. The fourth-order valence-corrected chi connectivity index (χ4v) is 4.16. The van der Waals surface area contributed by atoms with Gasteiger partial charge in [-0.1, -0.05) is 97.8 Å². The Hall–Kier alpha value is 0.880. The molecule has 4 heteroatoms. The third kappa shape index (κ3) is 26.8. The molecule has 2 nitrogen and oxygen atoms in total. The Morgan fingerprint density at radius 2 is 0.586 bits per heavy atom. The van der Waals surface area contributed by atoms with Gasteiger partial charge in [-0.2, -0.15) is 0 Å². The normalized spacial score (nSPS) is 10.8. The molecule has 0 fully saturated rings. The number of hydrogen-bond donors (Lipinski definition) is 1. The van der Waals surface area contributed by atoms with Crippen LogP contribution in [0.25, 0.3) is 0 Å². The van der Waals surface area contributed by atoms with Crippen LogP contribution in [0.2, 0.25) is 0 Å². The summed E-state index contributed by atoms with van der Waals surface area (Å²) in [5.74, 6) is 0. The third-order valence-corrected chi connectivity index (χ3v) is 6.15. The largest absolute Gasteiger partial charge is 1.00 e. The second-order valence-corrected chi connectivity index (χ2v) is 9.09. The smallest absolute Gasteiger partial charge is 0.0784 e. The first-order chi connectivity index (χ1) is 12.7. The van der Waals surface area contributed by atoms with Crippen LogP contribution in [-0.2, 0) is 0 Å². The SMILES string of the molecule is CCCCCCCC[N+](C)(CCCCCCCC)CCCCCCCC.[Br-].[Br-].[NH4+]. The maximum absolute atomic E-state index is 2.56. The molecular weight excluding hydrogens is 488 g/mol. The summed E-state index contributed by atoms with van der Waals surface area (Å²) in [4.78, 5) is 0. The Bertz CT molecular complexity index is 235. The highest BCUT2D eigenvalue weighted by atomic mass is 79.9. The van der Waals surface area contributed by atoms with Crippen molar-refractivity contribution in [3.05, 3.63) is 0 Å². The van der Waals surface area contributed by atoms with E-state index in [1.54, 1.807) is 0 Å². The maximum Gasteiger partial charge on any atom is 0.0784 e. The topological polar surface area (TPSA) is 36.5 Å². The molecule has 29 heavy (non-hydrogen) atoms. The summed E-state index contributed by atoms with van der Waals surface area (Å²) < 4.78 is 1.36. The fraction of sp³-hybridized carbons (Fsp3) is 1.00. The van der Waals surface area contributed by atoms with Crippen molar-refractivity contribution < 1.29 is 38.4 Å². The van der Waals surface area contributed by atoms with Crippen molar-refractivity contribution in [1.82, 2.24) is 6.15 Å². The fourth-order valence-electron chi connectivity index (χ4n) is 4.16. The zero-order chi connectivity index (χ0) is 19.3. The predicted octanol–water partition coefficient (Wildman–Crippen LogP) is 2.90. The molecule has 0 saturated carbocycles. The molecule has 0 unspecified atom stereocenters. The van der Waals surface area contributed by atoms with E-state index < -0.39 is 0 Å². The summed E-state index contributed by atoms with van der Waals surface area (Å²) in [5.41, 5.74) is 0. The molecule has 0 aromatic carbocycles. The summed E-state index contributed by atoms with van der Waals surface area (Å²) in [6.07, 6.45) is 25.9. The number of quaternary nitrogens is 2. The van der Waals surface area contributed by atoms with E-state index in [4.69, 9.17) is 0 Å². The van der Waals surface area contributed by atoms with Crippen LogP contribution in [0.5, 0.6) is 0 Å². The van der Waals surface area contributed by atoms with Gasteiger partial charge in [0.05, 0.1) is 26.7 Å². The maximum atomic E-state index is 2.56. The second kappa shape index (κ2) is 28.9. The number of unbranched alkanes of at least 4 members (excludes halogenated alkanes) is 15. The highest BCUT2D eigenvalue weighted by Gasteiger charge is 2.20. The molecular formula is C25H58Br2N2. The van der Waals surface area contributed by atoms with Gasteiger partial charge in [-0.05, 0) is 38.5 Å². The van der Waals surface area contributed by atoms with E-state index >= 15 is 0 Å². The number of rotatable bonds is 21. The van der Waals surface area contributed by atoms with E-state index in [-0.39, 0.29) is 40.1 Å². The van der Waals surface area contributed by atoms with Gasteiger partial charge in [-0.25, -0.2) is 0 Å². The van der Waals surface area contributed by atoms with Crippen molar-refractivity contribution in [2.75, 3.05) is 26.7 Å². The van der Waals surface area contributed by atoms with Gasteiger partial charge < -0.3 is 44.6 Å². The van der Waals surface area contributed by atoms with Crippen LogP contribution in [0, 0.1) is 0 Å². The summed E-state index contributed by atoms with van der Waals surface area (Å²) in [5, 5.41) is 0. The van der Waals surface area contributed by atoms with E-state index in [0.717, 1.165) is 0 Å². The first-order valence-electron chi connectivity index (χ1n) is 12.5. The summed E-state index contributed by atoms with van der Waals surface area (Å²) in [6, 6.07) is 0. The predicted molar refractivity (Wildman–Crippen MR) is 127 cm³/mol. The molecule has 0 aliphatic heterocycles. The van der Waals surface area contributed by atoms with Crippen molar-refractivity contribution in [3.63, 3.8) is 0 Å². The molecule has 0 heterocycles. The lowest BCUT2D eigenvalue weighted by Gasteiger charge is -2.35.